The minimum absolute atomic E-state index is 0.0780. The maximum absolute atomic E-state index is 12.9. The van der Waals surface area contributed by atoms with Crippen molar-refractivity contribution in [3.63, 3.8) is 0 Å². The molecule has 150 valence electrons. The van der Waals surface area contributed by atoms with Gasteiger partial charge in [0, 0.05) is 5.92 Å². The minimum Gasteiger partial charge on any atom is -0.463 e. The smallest absolute Gasteiger partial charge is 0.335 e. The highest BCUT2D eigenvalue weighted by molar-refractivity contribution is 6.71. The van der Waals surface area contributed by atoms with Crippen molar-refractivity contribution in [3.8, 4) is 0 Å². The molecule has 1 spiro atoms. The number of rotatable bonds is 4. The van der Waals surface area contributed by atoms with Gasteiger partial charge in [-0.05, 0) is 57.8 Å². The van der Waals surface area contributed by atoms with Crippen LogP contribution in [0.15, 0.2) is 22.8 Å². The Hall–Kier alpha value is -1.40. The van der Waals surface area contributed by atoms with Gasteiger partial charge in [-0.15, -0.1) is 0 Å². The number of carbonyl (C=O) groups excluding carboxylic acids is 2. The van der Waals surface area contributed by atoms with Gasteiger partial charge in [-0.25, -0.2) is 9.59 Å². The van der Waals surface area contributed by atoms with Gasteiger partial charge in [0.1, 0.15) is 0 Å². The third-order valence-electron chi connectivity index (χ3n) is 5.95. The van der Waals surface area contributed by atoms with E-state index in [-0.39, 0.29) is 23.5 Å². The van der Waals surface area contributed by atoms with Gasteiger partial charge in [0.2, 0.25) is 0 Å². The molecule has 1 unspecified atom stereocenters. The summed E-state index contributed by atoms with van der Waals surface area (Å²) in [6.45, 7) is 8.63. The lowest BCUT2D eigenvalue weighted by molar-refractivity contribution is -0.142. The van der Waals surface area contributed by atoms with Crippen molar-refractivity contribution >= 4 is 20.3 Å². The van der Waals surface area contributed by atoms with Crippen LogP contribution in [0.4, 0.5) is 0 Å². The molecule has 3 aliphatic rings. The number of allylic oxidation sites excluding steroid dienone is 1. The Balaban J connectivity index is 2.06. The third kappa shape index (κ3) is 3.92. The highest BCUT2D eigenvalue weighted by atomic mass is 28.4. The zero-order chi connectivity index (χ0) is 19.7. The van der Waals surface area contributed by atoms with Crippen molar-refractivity contribution < 1.29 is 23.5 Å². The first-order valence-electron chi connectivity index (χ1n) is 10.3. The lowest BCUT2D eigenvalue weighted by Gasteiger charge is -2.53. The van der Waals surface area contributed by atoms with E-state index in [9.17, 15) is 9.59 Å². The van der Waals surface area contributed by atoms with Gasteiger partial charge in [-0.2, -0.15) is 0 Å². The lowest BCUT2D eigenvalue weighted by Crippen LogP contribution is -2.55. The Labute approximate surface area is 163 Å². The Morgan fingerprint density at radius 3 is 2.37 bits per heavy atom. The number of esters is 2. The fourth-order valence-electron chi connectivity index (χ4n) is 5.07. The van der Waals surface area contributed by atoms with Crippen LogP contribution in [-0.2, 0) is 23.5 Å². The van der Waals surface area contributed by atoms with E-state index in [1.807, 2.05) is 0 Å². The first kappa shape index (κ1) is 20.3. The SMILES string of the molecule is CCOC(=O)C1=C(C(=O)OCC)C2C[Si](C)(C)OC3(CCCCC3)C2=CC1. The van der Waals surface area contributed by atoms with Gasteiger partial charge >= 0.3 is 11.9 Å². The standard InChI is InChI=1S/C21H32O5Si/c1-5-24-19(22)15-10-11-17-16(18(15)20(23)25-6-2)14-27(3,4)26-21(17)12-8-7-9-13-21/h11,16H,5-10,12-14H2,1-4H3. The van der Waals surface area contributed by atoms with Gasteiger partial charge < -0.3 is 13.9 Å². The van der Waals surface area contributed by atoms with Crippen LogP contribution in [-0.4, -0.2) is 39.1 Å². The zero-order valence-electron chi connectivity index (χ0n) is 17.1. The maximum Gasteiger partial charge on any atom is 0.335 e. The van der Waals surface area contributed by atoms with E-state index in [0.717, 1.165) is 31.7 Å². The summed E-state index contributed by atoms with van der Waals surface area (Å²) in [4.78, 5) is 25.5. The average Bonchev–Trinajstić information content (AvgIpc) is 2.61. The fourth-order valence-corrected chi connectivity index (χ4v) is 7.94. The topological polar surface area (TPSA) is 61.8 Å². The summed E-state index contributed by atoms with van der Waals surface area (Å²) in [5.74, 6) is -0.834. The summed E-state index contributed by atoms with van der Waals surface area (Å²) < 4.78 is 17.4. The molecule has 0 radical (unpaired) electrons. The largest absolute Gasteiger partial charge is 0.463 e. The van der Waals surface area contributed by atoms with Crippen molar-refractivity contribution in [2.24, 2.45) is 5.92 Å². The van der Waals surface area contributed by atoms with Crippen LogP contribution in [0.1, 0.15) is 52.4 Å². The van der Waals surface area contributed by atoms with Crippen LogP contribution >= 0.6 is 0 Å². The highest BCUT2D eigenvalue weighted by Gasteiger charge is 2.53. The van der Waals surface area contributed by atoms with Crippen LogP contribution in [0.5, 0.6) is 0 Å². The fraction of sp³-hybridized carbons (Fsp3) is 0.714. The van der Waals surface area contributed by atoms with E-state index >= 15 is 0 Å². The maximum atomic E-state index is 12.9. The Morgan fingerprint density at radius 2 is 1.74 bits per heavy atom. The van der Waals surface area contributed by atoms with Crippen LogP contribution in [0.3, 0.4) is 0 Å². The second kappa shape index (κ2) is 7.92. The van der Waals surface area contributed by atoms with Crippen molar-refractivity contribution in [2.45, 2.75) is 77.1 Å². The van der Waals surface area contributed by atoms with E-state index in [4.69, 9.17) is 13.9 Å². The number of ether oxygens (including phenoxy) is 2. The van der Waals surface area contributed by atoms with E-state index in [1.54, 1.807) is 13.8 Å². The quantitative estimate of drug-likeness (QED) is 0.406. The van der Waals surface area contributed by atoms with Gasteiger partial charge in [-0.1, -0.05) is 25.3 Å². The van der Waals surface area contributed by atoms with Gasteiger partial charge in [0.15, 0.2) is 8.32 Å². The van der Waals surface area contributed by atoms with Crippen molar-refractivity contribution in [1.29, 1.82) is 0 Å². The Morgan fingerprint density at radius 1 is 1.11 bits per heavy atom. The molecule has 1 atom stereocenters. The molecular weight excluding hydrogens is 360 g/mol. The second-order valence-corrected chi connectivity index (χ2v) is 12.5. The van der Waals surface area contributed by atoms with Gasteiger partial charge in [0.05, 0.1) is 30.0 Å². The lowest BCUT2D eigenvalue weighted by atomic mass is 9.69. The molecule has 1 saturated carbocycles. The van der Waals surface area contributed by atoms with E-state index in [1.165, 1.54) is 12.0 Å². The zero-order valence-corrected chi connectivity index (χ0v) is 18.1. The number of hydrogen-bond donors (Lipinski definition) is 0. The third-order valence-corrected chi connectivity index (χ3v) is 8.28. The molecule has 2 aliphatic carbocycles. The van der Waals surface area contributed by atoms with Crippen molar-refractivity contribution in [3.05, 3.63) is 22.8 Å². The van der Waals surface area contributed by atoms with Crippen LogP contribution in [0.25, 0.3) is 0 Å². The molecule has 2 fully saturated rings. The predicted octanol–water partition coefficient (Wildman–Crippen LogP) is 4.29. The molecule has 0 aromatic carbocycles. The molecule has 3 rings (SSSR count). The minimum atomic E-state index is -1.99. The Kier molecular flexibility index (Phi) is 5.96. The monoisotopic (exact) mass is 392 g/mol. The summed E-state index contributed by atoms with van der Waals surface area (Å²) in [7, 11) is -1.99. The summed E-state index contributed by atoms with van der Waals surface area (Å²) >= 11 is 0. The van der Waals surface area contributed by atoms with Gasteiger partial charge in [-0.3, -0.25) is 0 Å². The normalized spacial score (nSPS) is 26.2. The van der Waals surface area contributed by atoms with E-state index in [2.05, 4.69) is 19.2 Å². The number of hydrogen-bond acceptors (Lipinski definition) is 5. The molecular formula is C21H32O5Si. The van der Waals surface area contributed by atoms with E-state index < -0.39 is 8.32 Å². The molecule has 0 aromatic heterocycles. The molecule has 0 bridgehead atoms. The summed E-state index contributed by atoms with van der Waals surface area (Å²) in [6, 6.07) is 0.803. The molecule has 0 amide bonds. The second-order valence-electron chi connectivity index (χ2n) is 8.37. The van der Waals surface area contributed by atoms with Crippen LogP contribution < -0.4 is 0 Å². The first-order valence-corrected chi connectivity index (χ1v) is 13.4. The summed E-state index contributed by atoms with van der Waals surface area (Å²) in [6.07, 6.45) is 8.13. The number of carbonyl (C=O) groups is 2. The Bertz CT molecular complexity index is 670. The highest BCUT2D eigenvalue weighted by Crippen LogP contribution is 2.53. The molecule has 5 nitrogen and oxygen atoms in total. The molecule has 1 saturated heterocycles. The van der Waals surface area contributed by atoms with Crippen molar-refractivity contribution in [1.82, 2.24) is 0 Å². The molecule has 6 heteroatoms. The summed E-state index contributed by atoms with van der Waals surface area (Å²) in [5.41, 5.74) is 1.96. The molecule has 0 N–H and O–H groups in total. The van der Waals surface area contributed by atoms with Crippen LogP contribution in [0, 0.1) is 5.92 Å². The molecule has 1 aliphatic heterocycles. The molecule has 27 heavy (non-hydrogen) atoms. The molecule has 0 aromatic rings. The predicted molar refractivity (Wildman–Crippen MR) is 106 cm³/mol. The summed E-state index contributed by atoms with van der Waals surface area (Å²) in [5, 5.41) is 0. The number of fused-ring (bicyclic) bond motifs is 2. The average molecular weight is 393 g/mol. The molecule has 1 heterocycles. The van der Waals surface area contributed by atoms with Crippen LogP contribution in [0.2, 0.25) is 19.1 Å². The first-order chi connectivity index (χ1) is 12.8. The van der Waals surface area contributed by atoms with Gasteiger partial charge in [0.25, 0.3) is 0 Å². The van der Waals surface area contributed by atoms with Crippen molar-refractivity contribution in [2.75, 3.05) is 13.2 Å². The van der Waals surface area contributed by atoms with E-state index in [0.29, 0.717) is 30.8 Å².